The molecule has 1 saturated heterocycles. The van der Waals surface area contributed by atoms with Gasteiger partial charge in [0.25, 0.3) is 0 Å². The van der Waals surface area contributed by atoms with Gasteiger partial charge in [0.15, 0.2) is 0 Å². The highest BCUT2D eigenvalue weighted by Gasteiger charge is 2.23. The summed E-state index contributed by atoms with van der Waals surface area (Å²) in [6.07, 6.45) is 2.11. The molecule has 27 heavy (non-hydrogen) atoms. The Balaban J connectivity index is 1.46. The zero-order valence-electron chi connectivity index (χ0n) is 15.0. The molecule has 0 unspecified atom stereocenters. The van der Waals surface area contributed by atoms with E-state index in [2.05, 4.69) is 26.2 Å². The standard InChI is InChI=1S/C17H22N6O3S/c1-12(15(24)19-16(25)18-10-13-6-3-2-4-7-13)27-17-20-21-22-23(17)11-14-8-5-9-26-14/h2-4,6-7,12,14H,5,8-11H2,1H3,(H2,18,19,24,25)/t12-,14-/m1/s1. The van der Waals surface area contributed by atoms with Gasteiger partial charge in [0.05, 0.1) is 17.9 Å². The van der Waals surface area contributed by atoms with Gasteiger partial charge in [-0.05, 0) is 35.8 Å². The van der Waals surface area contributed by atoms with Crippen LogP contribution in [0.15, 0.2) is 35.5 Å². The molecule has 9 nitrogen and oxygen atoms in total. The fourth-order valence-corrected chi connectivity index (χ4v) is 3.42. The van der Waals surface area contributed by atoms with E-state index in [9.17, 15) is 9.59 Å². The average molecular weight is 390 g/mol. The molecule has 1 aliphatic rings. The van der Waals surface area contributed by atoms with Crippen LogP contribution < -0.4 is 10.6 Å². The third-order valence-electron chi connectivity index (χ3n) is 4.08. The number of rotatable bonds is 7. The molecule has 3 rings (SSSR count). The minimum absolute atomic E-state index is 0.0979. The fourth-order valence-electron chi connectivity index (χ4n) is 2.62. The van der Waals surface area contributed by atoms with Crippen molar-refractivity contribution in [2.75, 3.05) is 6.61 Å². The lowest BCUT2D eigenvalue weighted by atomic mass is 10.2. The SMILES string of the molecule is C[C@@H](Sc1nnnn1C[C@H]1CCCO1)C(=O)NC(=O)NCc1ccccc1. The van der Waals surface area contributed by atoms with Crippen molar-refractivity contribution in [3.63, 3.8) is 0 Å². The number of imide groups is 1. The number of aromatic nitrogens is 4. The summed E-state index contributed by atoms with van der Waals surface area (Å²) in [4.78, 5) is 24.2. The number of hydrogen-bond acceptors (Lipinski definition) is 7. The molecule has 1 aromatic carbocycles. The van der Waals surface area contributed by atoms with Crippen molar-refractivity contribution in [2.24, 2.45) is 0 Å². The lowest BCUT2D eigenvalue weighted by Crippen LogP contribution is -2.42. The summed E-state index contributed by atoms with van der Waals surface area (Å²) in [7, 11) is 0. The highest BCUT2D eigenvalue weighted by Crippen LogP contribution is 2.22. The molecule has 1 aliphatic heterocycles. The van der Waals surface area contributed by atoms with Crippen molar-refractivity contribution >= 4 is 23.7 Å². The van der Waals surface area contributed by atoms with E-state index in [4.69, 9.17) is 4.74 Å². The predicted octanol–water partition coefficient (Wildman–Crippen LogP) is 1.36. The van der Waals surface area contributed by atoms with E-state index in [0.717, 1.165) is 25.0 Å². The molecule has 0 aliphatic carbocycles. The maximum absolute atomic E-state index is 12.3. The second-order valence-corrected chi connectivity index (χ2v) is 7.50. The van der Waals surface area contributed by atoms with Crippen LogP contribution in [0.4, 0.5) is 4.79 Å². The number of thioether (sulfide) groups is 1. The first-order valence-corrected chi connectivity index (χ1v) is 9.67. The number of urea groups is 1. The zero-order chi connectivity index (χ0) is 19.1. The minimum Gasteiger partial charge on any atom is -0.376 e. The Morgan fingerprint density at radius 2 is 2.19 bits per heavy atom. The third-order valence-corrected chi connectivity index (χ3v) is 5.15. The van der Waals surface area contributed by atoms with Crippen LogP contribution in [-0.2, 0) is 22.6 Å². The largest absolute Gasteiger partial charge is 0.376 e. The van der Waals surface area contributed by atoms with Gasteiger partial charge in [0.2, 0.25) is 11.1 Å². The van der Waals surface area contributed by atoms with Crippen molar-refractivity contribution in [3.05, 3.63) is 35.9 Å². The molecule has 144 valence electrons. The lowest BCUT2D eigenvalue weighted by Gasteiger charge is -2.13. The van der Waals surface area contributed by atoms with E-state index in [1.165, 1.54) is 11.8 Å². The van der Waals surface area contributed by atoms with Crippen LogP contribution in [0.5, 0.6) is 0 Å². The predicted molar refractivity (Wildman–Crippen MR) is 98.9 cm³/mol. The number of amides is 3. The molecular formula is C17H22N6O3S. The number of ether oxygens (including phenoxy) is 1. The van der Waals surface area contributed by atoms with Crippen LogP contribution in [0.2, 0.25) is 0 Å². The van der Waals surface area contributed by atoms with Gasteiger partial charge in [-0.1, -0.05) is 42.1 Å². The lowest BCUT2D eigenvalue weighted by molar-refractivity contribution is -0.119. The maximum Gasteiger partial charge on any atom is 0.321 e. The second-order valence-electron chi connectivity index (χ2n) is 6.20. The van der Waals surface area contributed by atoms with E-state index in [-0.39, 0.29) is 6.10 Å². The smallest absolute Gasteiger partial charge is 0.321 e. The molecule has 2 aromatic rings. The molecule has 2 atom stereocenters. The summed E-state index contributed by atoms with van der Waals surface area (Å²) in [5.41, 5.74) is 0.954. The molecule has 2 N–H and O–H groups in total. The van der Waals surface area contributed by atoms with Crippen molar-refractivity contribution in [3.8, 4) is 0 Å². The highest BCUT2D eigenvalue weighted by molar-refractivity contribution is 8.00. The summed E-state index contributed by atoms with van der Waals surface area (Å²) >= 11 is 1.20. The molecule has 0 bridgehead atoms. The van der Waals surface area contributed by atoms with Crippen molar-refractivity contribution in [2.45, 2.75) is 49.4 Å². The first kappa shape index (κ1) is 19.3. The molecule has 1 fully saturated rings. The van der Waals surface area contributed by atoms with E-state index in [1.807, 2.05) is 30.3 Å². The van der Waals surface area contributed by atoms with Gasteiger partial charge in [-0.15, -0.1) is 5.10 Å². The first-order valence-electron chi connectivity index (χ1n) is 8.79. The number of benzene rings is 1. The molecule has 3 amide bonds. The Hall–Kier alpha value is -2.46. The van der Waals surface area contributed by atoms with Crippen LogP contribution in [0.1, 0.15) is 25.3 Å². The topological polar surface area (TPSA) is 111 Å². The maximum atomic E-state index is 12.3. The minimum atomic E-state index is -0.532. The quantitative estimate of drug-likeness (QED) is 0.687. The van der Waals surface area contributed by atoms with Gasteiger partial charge < -0.3 is 10.1 Å². The number of carbonyl (C=O) groups excluding carboxylic acids is 2. The second kappa shape index (κ2) is 9.47. The number of nitrogens with zero attached hydrogens (tertiary/aromatic N) is 4. The monoisotopic (exact) mass is 390 g/mol. The number of carbonyl (C=O) groups is 2. The molecule has 1 aromatic heterocycles. The van der Waals surface area contributed by atoms with Gasteiger partial charge in [-0.25, -0.2) is 9.48 Å². The van der Waals surface area contributed by atoms with Gasteiger partial charge in [-0.2, -0.15) is 0 Å². The summed E-state index contributed by atoms with van der Waals surface area (Å²) in [5.74, 6) is -0.405. The summed E-state index contributed by atoms with van der Waals surface area (Å²) in [5, 5.41) is 16.6. The fraction of sp³-hybridized carbons (Fsp3) is 0.471. The third kappa shape index (κ3) is 5.76. The van der Waals surface area contributed by atoms with Crippen LogP contribution in [0.3, 0.4) is 0 Å². The molecular weight excluding hydrogens is 368 g/mol. The van der Waals surface area contributed by atoms with E-state index in [1.54, 1.807) is 11.6 Å². The number of tetrazole rings is 1. The Morgan fingerprint density at radius 3 is 2.93 bits per heavy atom. The summed E-state index contributed by atoms with van der Waals surface area (Å²) in [6.45, 7) is 3.37. The summed E-state index contributed by atoms with van der Waals surface area (Å²) < 4.78 is 7.23. The molecule has 0 radical (unpaired) electrons. The van der Waals surface area contributed by atoms with Crippen LogP contribution in [0, 0.1) is 0 Å². The van der Waals surface area contributed by atoms with E-state index < -0.39 is 17.2 Å². The van der Waals surface area contributed by atoms with Crippen LogP contribution in [0.25, 0.3) is 0 Å². The van der Waals surface area contributed by atoms with Crippen molar-refractivity contribution in [1.82, 2.24) is 30.8 Å². The number of nitrogens with one attached hydrogen (secondary N) is 2. The van der Waals surface area contributed by atoms with Crippen LogP contribution in [-0.4, -0.2) is 50.1 Å². The molecule has 10 heteroatoms. The zero-order valence-corrected chi connectivity index (χ0v) is 15.8. The Labute approximate surface area is 161 Å². The van der Waals surface area contributed by atoms with Crippen molar-refractivity contribution in [1.29, 1.82) is 0 Å². The van der Waals surface area contributed by atoms with Crippen LogP contribution >= 0.6 is 11.8 Å². The van der Waals surface area contributed by atoms with Gasteiger partial charge in [0, 0.05) is 13.2 Å². The molecule has 0 saturated carbocycles. The number of hydrogen-bond donors (Lipinski definition) is 2. The summed E-state index contributed by atoms with van der Waals surface area (Å²) in [6, 6.07) is 8.94. The van der Waals surface area contributed by atoms with E-state index >= 15 is 0 Å². The Kier molecular flexibility index (Phi) is 6.77. The molecule has 2 heterocycles. The van der Waals surface area contributed by atoms with Crippen molar-refractivity contribution < 1.29 is 14.3 Å². The first-order chi connectivity index (χ1) is 13.1. The normalized spacial score (nSPS) is 17.4. The van der Waals surface area contributed by atoms with Gasteiger partial charge in [-0.3, -0.25) is 10.1 Å². The Bertz CT molecular complexity index is 763. The van der Waals surface area contributed by atoms with Gasteiger partial charge in [0.1, 0.15) is 0 Å². The Morgan fingerprint density at radius 1 is 1.37 bits per heavy atom. The molecule has 0 spiro atoms. The van der Waals surface area contributed by atoms with Gasteiger partial charge >= 0.3 is 6.03 Å². The average Bonchev–Trinajstić information content (AvgIpc) is 3.34. The van der Waals surface area contributed by atoms with E-state index in [0.29, 0.717) is 18.2 Å². The highest BCUT2D eigenvalue weighted by atomic mass is 32.2.